The van der Waals surface area contributed by atoms with Crippen molar-refractivity contribution in [3.8, 4) is 0 Å². The maximum atomic E-state index is 12.5. The highest BCUT2D eigenvalue weighted by Gasteiger charge is 2.32. The van der Waals surface area contributed by atoms with E-state index in [-0.39, 0.29) is 0 Å². The summed E-state index contributed by atoms with van der Waals surface area (Å²) in [6, 6.07) is 7.87. The highest BCUT2D eigenvalue weighted by molar-refractivity contribution is 5.82. The Morgan fingerprint density at radius 1 is 1.12 bits per heavy atom. The van der Waals surface area contributed by atoms with Crippen LogP contribution in [0.2, 0.25) is 0 Å². The molecule has 0 bridgehead atoms. The van der Waals surface area contributed by atoms with Crippen molar-refractivity contribution < 1.29 is 13.2 Å². The molecule has 2 aromatic rings. The summed E-state index contributed by atoms with van der Waals surface area (Å²) in [6.45, 7) is 1.90. The van der Waals surface area contributed by atoms with Gasteiger partial charge in [-0.2, -0.15) is 13.2 Å². The molecule has 0 spiro atoms. The smallest absolute Gasteiger partial charge is 0.243 e. The van der Waals surface area contributed by atoms with Crippen LogP contribution in [0.25, 0.3) is 10.9 Å². The number of nitrogens with zero attached hydrogens (tertiary/aromatic N) is 1. The average Bonchev–Trinajstić information content (AvgIpc) is 2.26. The molecule has 0 aliphatic heterocycles. The average molecular weight is 225 g/mol. The fourth-order valence-electron chi connectivity index (χ4n) is 1.65. The molecule has 2 rings (SSSR count). The van der Waals surface area contributed by atoms with Crippen LogP contribution in [0.4, 0.5) is 13.2 Å². The van der Waals surface area contributed by atoms with Gasteiger partial charge in [0.1, 0.15) is 5.69 Å². The van der Waals surface area contributed by atoms with E-state index in [0.717, 1.165) is 17.0 Å². The molecule has 0 N–H and O–H groups in total. The molecule has 0 fully saturated rings. The molecular formula is C12H10F3N. The molecule has 1 aromatic heterocycles. The number of halogens is 3. The normalized spacial score (nSPS) is 12.0. The number of fused-ring (bicyclic) bond motifs is 1. The lowest BCUT2D eigenvalue weighted by Gasteiger charge is -2.08. The van der Waals surface area contributed by atoms with Crippen molar-refractivity contribution in [3.63, 3.8) is 0 Å². The van der Waals surface area contributed by atoms with Gasteiger partial charge in [-0.1, -0.05) is 31.2 Å². The molecule has 0 aliphatic carbocycles. The predicted molar refractivity (Wildman–Crippen MR) is 56.1 cm³/mol. The van der Waals surface area contributed by atoms with Gasteiger partial charge in [-0.3, -0.25) is 0 Å². The quantitative estimate of drug-likeness (QED) is 0.719. The largest absolute Gasteiger partial charge is 0.433 e. The molecule has 84 valence electrons. The Morgan fingerprint density at radius 2 is 1.88 bits per heavy atom. The number of aromatic nitrogens is 1. The van der Waals surface area contributed by atoms with Gasteiger partial charge < -0.3 is 0 Å². The predicted octanol–water partition coefficient (Wildman–Crippen LogP) is 3.82. The molecule has 0 saturated heterocycles. The SMILES string of the molecule is CCc1cccc2ccc(C(F)(F)F)nc12. The first-order valence-electron chi connectivity index (χ1n) is 4.98. The molecule has 1 aromatic carbocycles. The van der Waals surface area contributed by atoms with Gasteiger partial charge in [0.25, 0.3) is 0 Å². The Labute approximate surface area is 90.9 Å². The number of hydrogen-bond donors (Lipinski definition) is 0. The van der Waals surface area contributed by atoms with Crippen molar-refractivity contribution >= 4 is 10.9 Å². The zero-order valence-electron chi connectivity index (χ0n) is 8.67. The van der Waals surface area contributed by atoms with E-state index in [0.29, 0.717) is 11.9 Å². The maximum Gasteiger partial charge on any atom is 0.433 e. The number of rotatable bonds is 1. The Hall–Kier alpha value is -1.58. The van der Waals surface area contributed by atoms with Crippen LogP contribution in [-0.2, 0) is 12.6 Å². The van der Waals surface area contributed by atoms with E-state index in [1.54, 1.807) is 12.1 Å². The summed E-state index contributed by atoms with van der Waals surface area (Å²) in [5.74, 6) is 0. The van der Waals surface area contributed by atoms with Crippen molar-refractivity contribution in [3.05, 3.63) is 41.6 Å². The fourth-order valence-corrected chi connectivity index (χ4v) is 1.65. The molecule has 0 aliphatic rings. The van der Waals surface area contributed by atoms with Crippen LogP contribution in [0.1, 0.15) is 18.2 Å². The first-order chi connectivity index (χ1) is 7.52. The van der Waals surface area contributed by atoms with Gasteiger partial charge in [0.15, 0.2) is 0 Å². The van der Waals surface area contributed by atoms with Gasteiger partial charge in [0, 0.05) is 5.39 Å². The number of aryl methyl sites for hydroxylation is 1. The van der Waals surface area contributed by atoms with E-state index in [9.17, 15) is 13.2 Å². The Bertz CT molecular complexity index is 517. The summed E-state index contributed by atoms with van der Waals surface area (Å²) in [5.41, 5.74) is 0.448. The number of hydrogen-bond acceptors (Lipinski definition) is 1. The van der Waals surface area contributed by atoms with Gasteiger partial charge in [0.05, 0.1) is 5.52 Å². The first-order valence-corrected chi connectivity index (χ1v) is 4.98. The highest BCUT2D eigenvalue weighted by atomic mass is 19.4. The van der Waals surface area contributed by atoms with Gasteiger partial charge in [0.2, 0.25) is 0 Å². The number of para-hydroxylation sites is 1. The molecule has 0 saturated carbocycles. The molecular weight excluding hydrogens is 215 g/mol. The fraction of sp³-hybridized carbons (Fsp3) is 0.250. The van der Waals surface area contributed by atoms with Gasteiger partial charge >= 0.3 is 6.18 Å². The van der Waals surface area contributed by atoms with Gasteiger partial charge in [-0.15, -0.1) is 0 Å². The molecule has 0 atom stereocenters. The minimum atomic E-state index is -4.38. The summed E-state index contributed by atoms with van der Waals surface area (Å²) < 4.78 is 37.5. The Kier molecular flexibility index (Phi) is 2.58. The highest BCUT2D eigenvalue weighted by Crippen LogP contribution is 2.29. The molecule has 1 nitrogen and oxygen atoms in total. The van der Waals surface area contributed by atoms with Crippen molar-refractivity contribution in [2.75, 3.05) is 0 Å². The van der Waals surface area contributed by atoms with Crippen LogP contribution in [-0.4, -0.2) is 4.98 Å². The zero-order chi connectivity index (χ0) is 11.8. The second kappa shape index (κ2) is 3.77. The van der Waals surface area contributed by atoms with Crippen LogP contribution >= 0.6 is 0 Å². The lowest BCUT2D eigenvalue weighted by molar-refractivity contribution is -0.140. The molecule has 16 heavy (non-hydrogen) atoms. The molecule has 1 heterocycles. The molecule has 4 heteroatoms. The Morgan fingerprint density at radius 3 is 2.50 bits per heavy atom. The standard InChI is InChI=1S/C12H10F3N/c1-2-8-4-3-5-9-6-7-10(12(13,14)15)16-11(8)9/h3-7H,2H2,1H3. The summed E-state index contributed by atoms with van der Waals surface area (Å²) in [5, 5.41) is 0.743. The van der Waals surface area contributed by atoms with E-state index >= 15 is 0 Å². The molecule has 0 amide bonds. The van der Waals surface area contributed by atoms with E-state index < -0.39 is 11.9 Å². The third-order valence-electron chi connectivity index (χ3n) is 2.48. The van der Waals surface area contributed by atoms with Crippen LogP contribution in [0.5, 0.6) is 0 Å². The van der Waals surface area contributed by atoms with Crippen LogP contribution in [0.3, 0.4) is 0 Å². The minimum absolute atomic E-state index is 0.444. The second-order valence-corrected chi connectivity index (χ2v) is 3.54. The maximum absolute atomic E-state index is 12.5. The van der Waals surface area contributed by atoms with Crippen molar-refractivity contribution in [2.45, 2.75) is 19.5 Å². The van der Waals surface area contributed by atoms with Crippen molar-refractivity contribution in [1.29, 1.82) is 0 Å². The summed E-state index contributed by atoms with van der Waals surface area (Å²) >= 11 is 0. The zero-order valence-corrected chi connectivity index (χ0v) is 8.67. The number of alkyl halides is 3. The minimum Gasteiger partial charge on any atom is -0.243 e. The van der Waals surface area contributed by atoms with E-state index in [1.165, 1.54) is 6.07 Å². The van der Waals surface area contributed by atoms with E-state index in [4.69, 9.17) is 0 Å². The van der Waals surface area contributed by atoms with E-state index in [1.807, 2.05) is 13.0 Å². The van der Waals surface area contributed by atoms with Crippen LogP contribution in [0.15, 0.2) is 30.3 Å². The summed E-state index contributed by atoms with van der Waals surface area (Å²) in [6.07, 6.45) is -3.71. The monoisotopic (exact) mass is 225 g/mol. The number of pyridine rings is 1. The number of benzene rings is 1. The third-order valence-corrected chi connectivity index (χ3v) is 2.48. The van der Waals surface area contributed by atoms with Crippen LogP contribution < -0.4 is 0 Å². The van der Waals surface area contributed by atoms with Crippen molar-refractivity contribution in [2.24, 2.45) is 0 Å². The van der Waals surface area contributed by atoms with Gasteiger partial charge in [-0.25, -0.2) is 4.98 Å². The van der Waals surface area contributed by atoms with Gasteiger partial charge in [-0.05, 0) is 18.1 Å². The lowest BCUT2D eigenvalue weighted by atomic mass is 10.1. The third kappa shape index (κ3) is 1.87. The Balaban J connectivity index is 2.68. The van der Waals surface area contributed by atoms with Crippen molar-refractivity contribution in [1.82, 2.24) is 4.98 Å². The van der Waals surface area contributed by atoms with E-state index in [2.05, 4.69) is 4.98 Å². The topological polar surface area (TPSA) is 12.9 Å². The van der Waals surface area contributed by atoms with Crippen LogP contribution in [0, 0.1) is 0 Å². The molecule has 0 radical (unpaired) electrons. The summed E-state index contributed by atoms with van der Waals surface area (Å²) in [7, 11) is 0. The lowest BCUT2D eigenvalue weighted by Crippen LogP contribution is -2.08. The first kappa shape index (κ1) is 10.9. The second-order valence-electron chi connectivity index (χ2n) is 3.54. The summed E-state index contributed by atoms with van der Waals surface area (Å²) in [4.78, 5) is 3.69. The molecule has 0 unspecified atom stereocenters.